The topological polar surface area (TPSA) is 212 Å². The van der Waals surface area contributed by atoms with E-state index in [4.69, 9.17) is 38.2 Å². The van der Waals surface area contributed by atoms with E-state index in [0.717, 1.165) is 16.0 Å². The van der Waals surface area contributed by atoms with E-state index in [1.54, 1.807) is 70.6 Å². The van der Waals surface area contributed by atoms with Crippen LogP contribution in [0.5, 0.6) is 0 Å². The van der Waals surface area contributed by atoms with Gasteiger partial charge in [-0.3, -0.25) is 14.6 Å². The van der Waals surface area contributed by atoms with Gasteiger partial charge < -0.3 is 34.4 Å². The van der Waals surface area contributed by atoms with Gasteiger partial charge in [0, 0.05) is 74.7 Å². The molecule has 2 fully saturated rings. The van der Waals surface area contributed by atoms with Gasteiger partial charge in [-0.15, -0.1) is 0 Å². The number of carbonyl (C=O) groups excluding carboxylic acids is 3. The van der Waals surface area contributed by atoms with E-state index >= 15 is 4.39 Å². The van der Waals surface area contributed by atoms with Gasteiger partial charge in [-0.2, -0.15) is 9.97 Å². The Kier molecular flexibility index (Phi) is 19.3. The molecule has 89 heavy (non-hydrogen) atoms. The molecule has 4 unspecified atom stereocenters. The number of aromatic nitrogens is 8. The monoisotopic (exact) mass is 1310 g/mol. The minimum absolute atomic E-state index is 0.0258. The Bertz CT molecular complexity index is 4240. The molecule has 19 nitrogen and oxygen atoms in total. The second-order valence-corrected chi connectivity index (χ2v) is 25.1. The average molecular weight is 1310 g/mol. The van der Waals surface area contributed by atoms with Gasteiger partial charge in [0.05, 0.1) is 60.7 Å². The van der Waals surface area contributed by atoms with Gasteiger partial charge in [0.2, 0.25) is 11.8 Å². The molecule has 4 atom stereocenters. The van der Waals surface area contributed by atoms with Crippen LogP contribution in [0.1, 0.15) is 110 Å². The van der Waals surface area contributed by atoms with Gasteiger partial charge in [-0.05, 0) is 134 Å². The molecule has 0 radical (unpaired) electrons. The molecule has 3 amide bonds. The van der Waals surface area contributed by atoms with Crippen molar-refractivity contribution < 1.29 is 23.9 Å². The van der Waals surface area contributed by atoms with E-state index in [1.165, 1.54) is 34.4 Å². The van der Waals surface area contributed by atoms with Crippen LogP contribution in [0.3, 0.4) is 0 Å². The minimum atomic E-state index is -1.40. The molecule has 464 valence electrons. The smallest absolute Gasteiger partial charge is 0.355 e. The quantitative estimate of drug-likeness (QED) is 0.0823. The first-order chi connectivity index (χ1) is 42.2. The Morgan fingerprint density at radius 3 is 1.60 bits per heavy atom. The summed E-state index contributed by atoms with van der Waals surface area (Å²) < 4.78 is 18.7. The number of nitrogens with zero attached hydrogens (tertiary/aromatic N) is 13. The summed E-state index contributed by atoms with van der Waals surface area (Å²) in [6.07, 6.45) is 2.93. The number of benzene rings is 2. The zero-order valence-electron chi connectivity index (χ0n) is 51.7. The lowest BCUT2D eigenvalue weighted by Crippen LogP contribution is -2.58. The Morgan fingerprint density at radius 2 is 1.12 bits per heavy atom. The van der Waals surface area contributed by atoms with Crippen LogP contribution in [0.2, 0.25) is 10.0 Å². The fourth-order valence-corrected chi connectivity index (χ4v) is 12.7. The molecule has 0 saturated carbocycles. The molecule has 8 heterocycles. The molecule has 0 N–H and O–H groups in total. The highest BCUT2D eigenvalue weighted by molar-refractivity contribution is 9.10. The first kappa shape index (κ1) is 65.1. The van der Waals surface area contributed by atoms with Crippen LogP contribution < -0.4 is 31.2 Å². The zero-order chi connectivity index (χ0) is 64.8. The average Bonchev–Trinajstić information content (AvgIpc) is 0.750. The summed E-state index contributed by atoms with van der Waals surface area (Å²) in [4.78, 5) is 102. The van der Waals surface area contributed by atoms with E-state index in [2.05, 4.69) is 44.0 Å². The number of hydrogen-bond acceptors (Lipinski definition) is 14. The van der Waals surface area contributed by atoms with Crippen LogP contribution in [-0.4, -0.2) is 124 Å². The third kappa shape index (κ3) is 12.5. The van der Waals surface area contributed by atoms with Crippen LogP contribution in [0.25, 0.3) is 56.0 Å². The van der Waals surface area contributed by atoms with Crippen molar-refractivity contribution in [3.05, 3.63) is 168 Å². The summed E-state index contributed by atoms with van der Waals surface area (Å²) in [6.45, 7) is 30.8. The Morgan fingerprint density at radius 1 is 0.652 bits per heavy atom. The summed E-state index contributed by atoms with van der Waals surface area (Å²) in [7, 11) is 1.38. The molecule has 23 heteroatoms. The van der Waals surface area contributed by atoms with E-state index in [1.807, 2.05) is 98.1 Å². The Balaban J connectivity index is 0.000000211. The fourth-order valence-electron chi connectivity index (χ4n) is 11.8. The first-order valence-electron chi connectivity index (χ1n) is 29.3. The minimum Gasteiger partial charge on any atom is -0.530 e. The van der Waals surface area contributed by atoms with Crippen LogP contribution >= 0.6 is 39.1 Å². The van der Waals surface area contributed by atoms with Crippen molar-refractivity contribution in [3.63, 3.8) is 0 Å². The van der Waals surface area contributed by atoms with Crippen LogP contribution in [0, 0.1) is 12.7 Å². The number of hydrogen-bond donors (Lipinski definition) is 0. The number of halogens is 4. The molecule has 0 spiro atoms. The van der Waals surface area contributed by atoms with E-state index in [0.29, 0.717) is 92.9 Å². The lowest BCUT2D eigenvalue weighted by atomic mass is 9.97. The molecule has 6 aromatic heterocycles. The predicted octanol–water partition coefficient (Wildman–Crippen LogP) is 11.6. The third-order valence-corrected chi connectivity index (χ3v) is 17.3. The number of anilines is 3. The molecule has 0 aliphatic carbocycles. The largest absolute Gasteiger partial charge is 0.530 e. The maximum atomic E-state index is 15.1. The van der Waals surface area contributed by atoms with Crippen molar-refractivity contribution in [2.75, 3.05) is 47.9 Å². The second-order valence-electron chi connectivity index (χ2n) is 23.5. The molecule has 2 aliphatic heterocycles. The van der Waals surface area contributed by atoms with Gasteiger partial charge in [-0.1, -0.05) is 108 Å². The number of rotatable bonds is 12. The highest BCUT2D eigenvalue weighted by Gasteiger charge is 2.37. The highest BCUT2D eigenvalue weighted by Crippen LogP contribution is 2.41. The molecule has 2 aliphatic rings. The third-order valence-electron chi connectivity index (χ3n) is 16.3. The van der Waals surface area contributed by atoms with Crippen molar-refractivity contribution in [1.29, 1.82) is 0 Å². The Hall–Kier alpha value is -8.40. The number of amides is 3. The molecule has 2 aromatic carbocycles. The number of piperazine rings is 2. The SMILES string of the molecule is C=CC(=O)N1CC(C)N(c2nc(=O)n(-c3c(C(C)C)cc(Br)nc3C(C)C)c3nc(-c4ccccc4F)c(Cl)cc23)CC1C.C=CC(=O)N1CC(C)N(c2nc(=O)n(-c3c(C)ccnc3C(C)C)c3nc(-c4ccccc4N(C)C(=O)[O-])c(Cl)cc23)CC1C. The van der Waals surface area contributed by atoms with Crippen molar-refractivity contribution in [2.45, 2.75) is 118 Å². The number of para-hydroxylation sites is 1. The number of aryl methyl sites for hydroxylation is 1. The first-order valence-corrected chi connectivity index (χ1v) is 30.9. The molecular weight excluding hydrogens is 1240 g/mol. The molecule has 8 aromatic rings. The summed E-state index contributed by atoms with van der Waals surface area (Å²) in [6, 6.07) is 19.5. The van der Waals surface area contributed by atoms with Gasteiger partial charge in [0.1, 0.15) is 28.1 Å². The molecule has 0 bridgehead atoms. The maximum absolute atomic E-state index is 15.1. The van der Waals surface area contributed by atoms with E-state index in [9.17, 15) is 29.1 Å². The summed E-state index contributed by atoms with van der Waals surface area (Å²) >= 11 is 17.3. The van der Waals surface area contributed by atoms with Crippen molar-refractivity contribution in [2.24, 2.45) is 0 Å². The van der Waals surface area contributed by atoms with Crippen LogP contribution in [0.15, 0.2) is 118 Å². The fraction of sp³-hybridized carbons (Fsp3) is 0.348. The normalized spacial score (nSPS) is 16.9. The highest BCUT2D eigenvalue weighted by atomic mass is 79.9. The van der Waals surface area contributed by atoms with E-state index < -0.39 is 23.3 Å². The molecular formula is C66H70BrCl2FN13O6-. The second kappa shape index (κ2) is 26.4. The molecule has 10 rings (SSSR count). The van der Waals surface area contributed by atoms with E-state index in [-0.39, 0.29) is 86.4 Å². The molecule has 2 saturated heterocycles. The van der Waals surface area contributed by atoms with Crippen molar-refractivity contribution in [3.8, 4) is 33.9 Å². The number of carboxylic acid groups (broad SMARTS) is 1. The zero-order valence-corrected chi connectivity index (χ0v) is 54.8. The lowest BCUT2D eigenvalue weighted by molar-refractivity contribution is -0.246. The van der Waals surface area contributed by atoms with Gasteiger partial charge >= 0.3 is 11.4 Å². The number of fused-ring (bicyclic) bond motifs is 2. The predicted molar refractivity (Wildman–Crippen MR) is 352 cm³/mol. The standard InChI is InChI=1S/C33H35BrClFN6O2.C33H36ClN7O4/c1-8-27(43)40-15-20(7)41(16-19(40)6)31-23-13-24(35)29(21-11-9-10-12-25(21)36)38-32(23)42(33(44)39-31)30-22(17(2)3)14-26(34)37-28(30)18(4)5;1-8-26(42)39-16-21(6)40(17-20(39)5)30-23-15-24(34)28(22-11-9-10-12-25(22)38(7)33(44)45)36-31(23)41(32(43)37-30)29-19(4)13-14-35-27(29)18(2)3/h8-14,17-20H,1,15-16H2,2-7H3;8-15,18,20-21H,1,16-17H2,2-7H3,(H,44,45)/p-1. The van der Waals surface area contributed by atoms with Crippen molar-refractivity contribution >= 4 is 96.4 Å². The van der Waals surface area contributed by atoms with Crippen LogP contribution in [0.4, 0.5) is 26.5 Å². The lowest BCUT2D eigenvalue weighted by Gasteiger charge is -2.44. The summed E-state index contributed by atoms with van der Waals surface area (Å²) in [5.41, 5.74) is 5.23. The Labute approximate surface area is 534 Å². The van der Waals surface area contributed by atoms with Gasteiger partial charge in [0.15, 0.2) is 11.3 Å². The van der Waals surface area contributed by atoms with Crippen LogP contribution in [-0.2, 0) is 9.59 Å². The number of carbonyl (C=O) groups is 3. The summed E-state index contributed by atoms with van der Waals surface area (Å²) in [5.74, 6) is -0.0396. The number of pyridine rings is 4. The van der Waals surface area contributed by atoms with Gasteiger partial charge in [0.25, 0.3) is 0 Å². The van der Waals surface area contributed by atoms with Crippen molar-refractivity contribution in [1.82, 2.24) is 48.8 Å². The van der Waals surface area contributed by atoms with Gasteiger partial charge in [-0.25, -0.2) is 38.1 Å². The maximum Gasteiger partial charge on any atom is 0.355 e. The summed E-state index contributed by atoms with van der Waals surface area (Å²) in [5, 5.41) is 13.3.